The zero-order valence-corrected chi connectivity index (χ0v) is 16.5. The molecule has 0 saturated heterocycles. The molecule has 29 heavy (non-hydrogen) atoms. The van der Waals surface area contributed by atoms with Gasteiger partial charge in [-0.05, 0) is 38.3 Å². The van der Waals surface area contributed by atoms with Crippen LogP contribution in [0.25, 0.3) is 0 Å². The zero-order chi connectivity index (χ0) is 21.9. The van der Waals surface area contributed by atoms with Gasteiger partial charge in [-0.15, -0.1) is 0 Å². The number of nitrogens with two attached hydrogens (primary N) is 1. The maximum atomic E-state index is 11.6. The highest BCUT2D eigenvalue weighted by Gasteiger charge is 2.15. The molecule has 0 radical (unpaired) electrons. The van der Waals surface area contributed by atoms with Crippen LogP contribution in [0, 0.1) is 0 Å². The Labute approximate surface area is 169 Å². The van der Waals surface area contributed by atoms with Gasteiger partial charge in [0.25, 0.3) is 0 Å². The fourth-order valence-corrected chi connectivity index (χ4v) is 1.86. The third-order valence-electron chi connectivity index (χ3n) is 3.23. The standard InChI is InChI=1S/C17H26N2O6.C2H4O2/c18-9-5-2-6-10-23-16(21)19-15(11-20)13-25-17(22)24-12-14-7-3-1-4-8-14;1-2(3)4/h1,3-4,7-8,15,20H,2,5-6,9-13,18H2,(H,19,21);1H3,(H,3,4)/p-1. The molecule has 0 aliphatic carbocycles. The summed E-state index contributed by atoms with van der Waals surface area (Å²) < 4.78 is 14.8. The summed E-state index contributed by atoms with van der Waals surface area (Å²) in [7, 11) is 0. The first-order valence-electron chi connectivity index (χ1n) is 9.14. The van der Waals surface area contributed by atoms with E-state index in [0.29, 0.717) is 6.54 Å². The quantitative estimate of drug-likeness (QED) is 0.342. The predicted octanol–water partition coefficient (Wildman–Crippen LogP) is 0.312. The van der Waals surface area contributed by atoms with Crippen LogP contribution in [0.1, 0.15) is 31.7 Å². The van der Waals surface area contributed by atoms with Gasteiger partial charge in [-0.1, -0.05) is 30.3 Å². The second kappa shape index (κ2) is 17.3. The van der Waals surface area contributed by atoms with E-state index in [1.54, 1.807) is 0 Å². The number of carbonyl (C=O) groups excluding carboxylic acids is 3. The zero-order valence-electron chi connectivity index (χ0n) is 16.5. The van der Waals surface area contributed by atoms with Crippen LogP contribution in [0.3, 0.4) is 0 Å². The first-order valence-corrected chi connectivity index (χ1v) is 9.14. The van der Waals surface area contributed by atoms with Gasteiger partial charge in [0.1, 0.15) is 13.2 Å². The highest BCUT2D eigenvalue weighted by Crippen LogP contribution is 2.02. The number of carboxylic acid groups (broad SMARTS) is 1. The highest BCUT2D eigenvalue weighted by molar-refractivity contribution is 5.67. The Morgan fingerprint density at radius 1 is 1.10 bits per heavy atom. The number of amides is 1. The second-order valence-corrected chi connectivity index (χ2v) is 5.84. The average molecular weight is 413 g/mol. The Kier molecular flexibility index (Phi) is 15.6. The van der Waals surface area contributed by atoms with Crippen molar-refractivity contribution in [2.75, 3.05) is 26.4 Å². The lowest BCUT2D eigenvalue weighted by Crippen LogP contribution is -2.41. The smallest absolute Gasteiger partial charge is 0.508 e. The summed E-state index contributed by atoms with van der Waals surface area (Å²) in [4.78, 5) is 32.0. The molecule has 1 unspecified atom stereocenters. The molecule has 0 saturated carbocycles. The normalized spacial score (nSPS) is 10.7. The molecule has 1 amide bonds. The Hall–Kier alpha value is -2.85. The summed E-state index contributed by atoms with van der Waals surface area (Å²) in [6.45, 7) is 1.32. The van der Waals surface area contributed by atoms with Crippen LogP contribution in [0.4, 0.5) is 9.59 Å². The minimum atomic E-state index is -1.08. The Bertz CT molecular complexity index is 579. The molecule has 0 aliphatic rings. The van der Waals surface area contributed by atoms with Crippen LogP contribution in [0.5, 0.6) is 0 Å². The molecule has 1 atom stereocenters. The monoisotopic (exact) mass is 413 g/mol. The number of ether oxygens (including phenoxy) is 3. The predicted molar refractivity (Wildman–Crippen MR) is 102 cm³/mol. The summed E-state index contributed by atoms with van der Waals surface area (Å²) in [6.07, 6.45) is 0.927. The topological polar surface area (TPSA) is 160 Å². The van der Waals surface area contributed by atoms with Crippen LogP contribution in [-0.4, -0.2) is 55.7 Å². The number of nitrogens with one attached hydrogen (secondary N) is 1. The maximum Gasteiger partial charge on any atom is 0.508 e. The number of aliphatic hydroxyl groups is 1. The number of benzene rings is 1. The summed E-state index contributed by atoms with van der Waals surface area (Å²) in [5, 5.41) is 20.5. The van der Waals surface area contributed by atoms with Gasteiger partial charge in [0.05, 0.1) is 19.3 Å². The number of aliphatic hydroxyl groups excluding tert-OH is 1. The molecule has 10 nitrogen and oxygen atoms in total. The molecule has 10 heteroatoms. The van der Waals surface area contributed by atoms with Gasteiger partial charge in [0.2, 0.25) is 0 Å². The molecule has 1 aromatic rings. The molecular formula is C19H29N2O8-. The summed E-state index contributed by atoms with van der Waals surface area (Å²) >= 11 is 0. The van der Waals surface area contributed by atoms with E-state index in [-0.39, 0.29) is 19.8 Å². The fourth-order valence-electron chi connectivity index (χ4n) is 1.86. The van der Waals surface area contributed by atoms with E-state index in [1.165, 1.54) is 0 Å². The molecule has 0 aromatic heterocycles. The number of alkyl carbamates (subject to hydrolysis) is 1. The van der Waals surface area contributed by atoms with Crippen molar-refractivity contribution in [3.05, 3.63) is 35.9 Å². The molecule has 0 bridgehead atoms. The van der Waals surface area contributed by atoms with E-state index >= 15 is 0 Å². The van der Waals surface area contributed by atoms with Crippen molar-refractivity contribution >= 4 is 18.2 Å². The van der Waals surface area contributed by atoms with Gasteiger partial charge >= 0.3 is 12.2 Å². The van der Waals surface area contributed by atoms with Crippen molar-refractivity contribution in [1.29, 1.82) is 0 Å². The van der Waals surface area contributed by atoms with Gasteiger partial charge in [-0.25, -0.2) is 9.59 Å². The van der Waals surface area contributed by atoms with Gasteiger partial charge in [0, 0.05) is 5.97 Å². The van der Waals surface area contributed by atoms with Crippen molar-refractivity contribution in [2.45, 2.75) is 38.8 Å². The number of carboxylic acids is 1. The molecule has 1 rings (SSSR count). The van der Waals surface area contributed by atoms with E-state index in [0.717, 1.165) is 31.7 Å². The maximum absolute atomic E-state index is 11.6. The molecule has 4 N–H and O–H groups in total. The molecule has 0 heterocycles. The van der Waals surface area contributed by atoms with E-state index in [4.69, 9.17) is 29.8 Å². The first-order chi connectivity index (χ1) is 13.9. The van der Waals surface area contributed by atoms with Crippen LogP contribution in [0.2, 0.25) is 0 Å². The third-order valence-corrected chi connectivity index (χ3v) is 3.23. The van der Waals surface area contributed by atoms with Crippen molar-refractivity contribution in [2.24, 2.45) is 5.73 Å². The van der Waals surface area contributed by atoms with Gasteiger partial charge < -0.3 is 40.3 Å². The number of carbonyl (C=O) groups is 3. The van der Waals surface area contributed by atoms with Crippen LogP contribution in [-0.2, 0) is 25.6 Å². The van der Waals surface area contributed by atoms with Gasteiger partial charge in [-0.3, -0.25) is 0 Å². The van der Waals surface area contributed by atoms with E-state index < -0.39 is 30.9 Å². The number of hydrogen-bond donors (Lipinski definition) is 3. The number of aliphatic carboxylic acids is 1. The number of hydrogen-bond acceptors (Lipinski definition) is 9. The van der Waals surface area contributed by atoms with Gasteiger partial charge in [-0.2, -0.15) is 0 Å². The first kappa shape index (κ1) is 26.1. The third kappa shape index (κ3) is 17.0. The van der Waals surface area contributed by atoms with Crippen molar-refractivity contribution in [3.8, 4) is 0 Å². The molecule has 0 aliphatic heterocycles. The van der Waals surface area contributed by atoms with E-state index in [9.17, 15) is 14.7 Å². The Morgan fingerprint density at radius 3 is 2.34 bits per heavy atom. The van der Waals surface area contributed by atoms with E-state index in [2.05, 4.69) is 5.32 Å². The fraction of sp³-hybridized carbons (Fsp3) is 0.526. The summed E-state index contributed by atoms with van der Waals surface area (Å²) in [5.74, 6) is -1.08. The molecule has 0 spiro atoms. The van der Waals surface area contributed by atoms with Gasteiger partial charge in [0.15, 0.2) is 0 Å². The minimum Gasteiger partial charge on any atom is -0.550 e. The lowest BCUT2D eigenvalue weighted by atomic mass is 10.2. The SMILES string of the molecule is CC(=O)[O-].NCCCCCOC(=O)NC(CO)COC(=O)OCc1ccccc1. The summed E-state index contributed by atoms with van der Waals surface area (Å²) in [5.41, 5.74) is 6.20. The Morgan fingerprint density at radius 2 is 1.76 bits per heavy atom. The summed E-state index contributed by atoms with van der Waals surface area (Å²) in [6, 6.07) is 8.38. The van der Waals surface area contributed by atoms with Crippen LogP contribution < -0.4 is 16.2 Å². The van der Waals surface area contributed by atoms with Crippen molar-refractivity contribution in [1.82, 2.24) is 5.32 Å². The largest absolute Gasteiger partial charge is 0.550 e. The molecular weight excluding hydrogens is 384 g/mol. The lowest BCUT2D eigenvalue weighted by Gasteiger charge is -2.16. The van der Waals surface area contributed by atoms with Crippen molar-refractivity contribution in [3.63, 3.8) is 0 Å². The van der Waals surface area contributed by atoms with E-state index in [1.807, 2.05) is 30.3 Å². The van der Waals surface area contributed by atoms with Crippen molar-refractivity contribution < 1.29 is 38.8 Å². The minimum absolute atomic E-state index is 0.0851. The molecule has 0 fully saturated rings. The highest BCUT2D eigenvalue weighted by atomic mass is 16.7. The second-order valence-electron chi connectivity index (χ2n) is 5.84. The Balaban J connectivity index is 0.00000178. The number of unbranched alkanes of at least 4 members (excludes halogenated alkanes) is 2. The lowest BCUT2D eigenvalue weighted by molar-refractivity contribution is -0.302. The average Bonchev–Trinajstić information content (AvgIpc) is 2.69. The molecule has 164 valence electrons. The molecule has 1 aromatic carbocycles. The van der Waals surface area contributed by atoms with Crippen LogP contribution in [0.15, 0.2) is 30.3 Å². The number of rotatable bonds is 11. The van der Waals surface area contributed by atoms with Crippen LogP contribution >= 0.6 is 0 Å².